The molecule has 0 aromatic rings. The normalized spacial score (nSPS) is 31.0. The summed E-state index contributed by atoms with van der Waals surface area (Å²) in [4.78, 5) is 27.0. The van der Waals surface area contributed by atoms with Crippen molar-refractivity contribution < 1.29 is 9.59 Å². The molecule has 1 spiro atoms. The lowest BCUT2D eigenvalue weighted by Crippen LogP contribution is -2.61. The Balaban J connectivity index is 2.16. The molecular formula is C12H20N2O2. The van der Waals surface area contributed by atoms with Crippen LogP contribution in [0, 0.1) is 0 Å². The molecule has 2 saturated heterocycles. The zero-order chi connectivity index (χ0) is 11.8. The number of carbonyl (C=O) groups excluding carboxylic acids is 2. The number of likely N-dealkylation sites (N-methyl/N-ethyl adjacent to an activating group) is 1. The minimum absolute atomic E-state index is 0.0702. The van der Waals surface area contributed by atoms with E-state index < -0.39 is 0 Å². The summed E-state index contributed by atoms with van der Waals surface area (Å²) in [5, 5.41) is 0. The Morgan fingerprint density at radius 2 is 2.00 bits per heavy atom. The van der Waals surface area contributed by atoms with Gasteiger partial charge in [0.15, 0.2) is 0 Å². The average Bonchev–Trinajstić information content (AvgIpc) is 2.26. The first-order valence-corrected chi connectivity index (χ1v) is 6.07. The highest BCUT2D eigenvalue weighted by Crippen LogP contribution is 2.35. The Labute approximate surface area is 96.6 Å². The number of carbonyl (C=O) groups is 2. The third kappa shape index (κ3) is 1.81. The van der Waals surface area contributed by atoms with Crippen molar-refractivity contribution >= 4 is 11.8 Å². The molecule has 2 fully saturated rings. The molecule has 4 heteroatoms. The summed E-state index contributed by atoms with van der Waals surface area (Å²) in [5.74, 6) is 0.363. The predicted molar refractivity (Wildman–Crippen MR) is 60.8 cm³/mol. The maximum absolute atomic E-state index is 11.8. The van der Waals surface area contributed by atoms with Gasteiger partial charge in [-0.15, -0.1) is 0 Å². The van der Waals surface area contributed by atoms with Crippen molar-refractivity contribution in [3.05, 3.63) is 0 Å². The number of hydrogen-bond acceptors (Lipinski definition) is 2. The van der Waals surface area contributed by atoms with Crippen molar-refractivity contribution in [3.8, 4) is 0 Å². The van der Waals surface area contributed by atoms with Crippen LogP contribution in [-0.2, 0) is 9.59 Å². The second-order valence-electron chi connectivity index (χ2n) is 5.07. The maximum atomic E-state index is 11.8. The lowest BCUT2D eigenvalue weighted by atomic mass is 9.80. The molecule has 0 radical (unpaired) electrons. The van der Waals surface area contributed by atoms with Crippen LogP contribution in [0.15, 0.2) is 0 Å². The van der Waals surface area contributed by atoms with Gasteiger partial charge in [-0.25, -0.2) is 0 Å². The van der Waals surface area contributed by atoms with Crippen LogP contribution < -0.4 is 0 Å². The Bertz CT molecular complexity index is 312. The van der Waals surface area contributed by atoms with Gasteiger partial charge < -0.3 is 9.80 Å². The summed E-state index contributed by atoms with van der Waals surface area (Å²) in [7, 11) is 1.89. The van der Waals surface area contributed by atoms with E-state index in [1.807, 2.05) is 16.8 Å². The molecule has 0 aliphatic carbocycles. The standard InChI is InChI=1S/C12H20N2O2/c1-10(15)14-8-4-7-12(9-14)6-3-5-11(16)13(12)2/h3-9H2,1-2H3. The van der Waals surface area contributed by atoms with Gasteiger partial charge >= 0.3 is 0 Å². The maximum Gasteiger partial charge on any atom is 0.222 e. The van der Waals surface area contributed by atoms with E-state index in [0.29, 0.717) is 6.42 Å². The van der Waals surface area contributed by atoms with Gasteiger partial charge in [0.2, 0.25) is 11.8 Å². The van der Waals surface area contributed by atoms with Crippen LogP contribution in [0.2, 0.25) is 0 Å². The van der Waals surface area contributed by atoms with E-state index in [2.05, 4.69) is 0 Å². The second-order valence-corrected chi connectivity index (χ2v) is 5.07. The molecule has 2 aliphatic rings. The van der Waals surface area contributed by atoms with Crippen molar-refractivity contribution in [2.75, 3.05) is 20.1 Å². The third-order valence-electron chi connectivity index (χ3n) is 4.12. The highest BCUT2D eigenvalue weighted by Gasteiger charge is 2.43. The smallest absolute Gasteiger partial charge is 0.222 e. The SMILES string of the molecule is CC(=O)N1CCCC2(CCCC(=O)N2C)C1. The fraction of sp³-hybridized carbons (Fsp3) is 0.833. The van der Waals surface area contributed by atoms with Gasteiger partial charge in [-0.2, -0.15) is 0 Å². The van der Waals surface area contributed by atoms with Crippen LogP contribution in [0.1, 0.15) is 39.0 Å². The minimum Gasteiger partial charge on any atom is -0.341 e. The van der Waals surface area contributed by atoms with Crippen molar-refractivity contribution in [1.82, 2.24) is 9.80 Å². The number of hydrogen-bond donors (Lipinski definition) is 0. The first-order valence-electron chi connectivity index (χ1n) is 6.07. The van der Waals surface area contributed by atoms with E-state index in [1.54, 1.807) is 6.92 Å². The Morgan fingerprint density at radius 1 is 1.31 bits per heavy atom. The second kappa shape index (κ2) is 4.07. The molecule has 0 aromatic carbocycles. The number of rotatable bonds is 0. The van der Waals surface area contributed by atoms with E-state index in [4.69, 9.17) is 0 Å². The van der Waals surface area contributed by atoms with Crippen molar-refractivity contribution in [3.63, 3.8) is 0 Å². The summed E-state index contributed by atoms with van der Waals surface area (Å²) in [6.45, 7) is 3.19. The van der Waals surface area contributed by atoms with Gasteiger partial charge in [-0.3, -0.25) is 9.59 Å². The van der Waals surface area contributed by atoms with Gasteiger partial charge in [-0.05, 0) is 25.7 Å². The molecule has 16 heavy (non-hydrogen) atoms. The van der Waals surface area contributed by atoms with Gasteiger partial charge in [0.05, 0.1) is 5.54 Å². The Kier molecular flexibility index (Phi) is 2.91. The monoisotopic (exact) mass is 224 g/mol. The van der Waals surface area contributed by atoms with E-state index in [0.717, 1.165) is 38.8 Å². The van der Waals surface area contributed by atoms with E-state index in [9.17, 15) is 9.59 Å². The summed E-state index contributed by atoms with van der Waals surface area (Å²) in [5.41, 5.74) is -0.0702. The van der Waals surface area contributed by atoms with Crippen molar-refractivity contribution in [2.45, 2.75) is 44.6 Å². The minimum atomic E-state index is -0.0702. The molecule has 2 rings (SSSR count). The molecule has 90 valence electrons. The molecule has 0 N–H and O–H groups in total. The molecule has 2 amide bonds. The molecule has 1 atom stereocenters. The summed E-state index contributed by atoms with van der Waals surface area (Å²) in [6, 6.07) is 0. The molecule has 1 unspecified atom stereocenters. The first kappa shape index (κ1) is 11.4. The van der Waals surface area contributed by atoms with E-state index in [-0.39, 0.29) is 17.4 Å². The highest BCUT2D eigenvalue weighted by molar-refractivity contribution is 5.78. The summed E-state index contributed by atoms with van der Waals surface area (Å²) < 4.78 is 0. The highest BCUT2D eigenvalue weighted by atomic mass is 16.2. The molecule has 2 heterocycles. The molecule has 0 bridgehead atoms. The van der Waals surface area contributed by atoms with E-state index in [1.165, 1.54) is 0 Å². The zero-order valence-electron chi connectivity index (χ0n) is 10.2. The largest absolute Gasteiger partial charge is 0.341 e. The van der Waals surface area contributed by atoms with Crippen LogP contribution in [-0.4, -0.2) is 47.3 Å². The lowest BCUT2D eigenvalue weighted by molar-refractivity contribution is -0.147. The van der Waals surface area contributed by atoms with Crippen LogP contribution in [0.5, 0.6) is 0 Å². The van der Waals surface area contributed by atoms with Crippen LogP contribution in [0.25, 0.3) is 0 Å². The van der Waals surface area contributed by atoms with Crippen LogP contribution >= 0.6 is 0 Å². The van der Waals surface area contributed by atoms with Gasteiger partial charge in [0, 0.05) is 33.5 Å². The predicted octanol–water partition coefficient (Wildman–Crippen LogP) is 1.01. The Hall–Kier alpha value is -1.06. The number of amides is 2. The van der Waals surface area contributed by atoms with Crippen LogP contribution in [0.4, 0.5) is 0 Å². The zero-order valence-corrected chi connectivity index (χ0v) is 10.2. The van der Waals surface area contributed by atoms with Gasteiger partial charge in [0.25, 0.3) is 0 Å². The Morgan fingerprint density at radius 3 is 2.69 bits per heavy atom. The number of nitrogens with zero attached hydrogens (tertiary/aromatic N) is 2. The van der Waals surface area contributed by atoms with Gasteiger partial charge in [0.1, 0.15) is 0 Å². The fourth-order valence-corrected chi connectivity index (χ4v) is 3.03. The fourth-order valence-electron chi connectivity index (χ4n) is 3.03. The van der Waals surface area contributed by atoms with Crippen molar-refractivity contribution in [1.29, 1.82) is 0 Å². The lowest BCUT2D eigenvalue weighted by Gasteiger charge is -2.50. The molecule has 2 aliphatic heterocycles. The third-order valence-corrected chi connectivity index (χ3v) is 4.12. The topological polar surface area (TPSA) is 40.6 Å². The van der Waals surface area contributed by atoms with E-state index >= 15 is 0 Å². The van der Waals surface area contributed by atoms with Crippen molar-refractivity contribution in [2.24, 2.45) is 0 Å². The van der Waals surface area contributed by atoms with Gasteiger partial charge in [-0.1, -0.05) is 0 Å². The molecule has 0 aromatic heterocycles. The molecule has 4 nitrogen and oxygen atoms in total. The average molecular weight is 224 g/mol. The summed E-state index contributed by atoms with van der Waals surface area (Å²) >= 11 is 0. The summed E-state index contributed by atoms with van der Waals surface area (Å²) in [6.07, 6.45) is 4.72. The molecule has 0 saturated carbocycles. The molecular weight excluding hydrogens is 204 g/mol. The first-order chi connectivity index (χ1) is 7.55. The number of piperidine rings is 2. The number of likely N-dealkylation sites (tertiary alicyclic amines) is 2. The van der Waals surface area contributed by atoms with Crippen LogP contribution in [0.3, 0.4) is 0 Å². The quantitative estimate of drug-likeness (QED) is 0.616.